The van der Waals surface area contributed by atoms with Gasteiger partial charge in [-0.2, -0.15) is 0 Å². The topological polar surface area (TPSA) is 68.8 Å². The summed E-state index contributed by atoms with van der Waals surface area (Å²) in [4.78, 5) is 11.8. The minimum atomic E-state index is -0.116. The van der Waals surface area contributed by atoms with Crippen LogP contribution in [0.2, 0.25) is 0 Å². The molecule has 2 N–H and O–H groups in total. The first-order valence-electron chi connectivity index (χ1n) is 7.01. The second-order valence-corrected chi connectivity index (χ2v) is 4.34. The highest BCUT2D eigenvalue weighted by Gasteiger charge is 2.08. The molecule has 0 bridgehead atoms. The Balaban J connectivity index is 2.37. The predicted octanol–water partition coefficient (Wildman–Crippen LogP) is 1.66. The highest BCUT2D eigenvalue weighted by atomic mass is 16.5. The summed E-state index contributed by atoms with van der Waals surface area (Å²) in [7, 11) is 3.13. The molecule has 0 aliphatic rings. The lowest BCUT2D eigenvalue weighted by Gasteiger charge is -2.12. The molecule has 0 radical (unpaired) electrons. The summed E-state index contributed by atoms with van der Waals surface area (Å²) in [5, 5.41) is 5.87. The zero-order valence-corrected chi connectivity index (χ0v) is 12.9. The number of carbonyl (C=O) groups is 1. The van der Waals surface area contributed by atoms with E-state index in [1.807, 2.05) is 6.92 Å². The monoisotopic (exact) mass is 296 g/mol. The number of amides is 1. The molecule has 0 heterocycles. The van der Waals surface area contributed by atoms with Crippen molar-refractivity contribution >= 4 is 11.6 Å². The van der Waals surface area contributed by atoms with Crippen molar-refractivity contribution in [3.05, 3.63) is 18.2 Å². The van der Waals surface area contributed by atoms with Gasteiger partial charge in [0, 0.05) is 19.3 Å². The van der Waals surface area contributed by atoms with E-state index in [2.05, 4.69) is 10.6 Å². The zero-order chi connectivity index (χ0) is 15.5. The van der Waals surface area contributed by atoms with Crippen LogP contribution in [0.1, 0.15) is 13.3 Å². The molecule has 1 aromatic rings. The summed E-state index contributed by atoms with van der Waals surface area (Å²) >= 11 is 0. The Kier molecular flexibility index (Phi) is 8.23. The Morgan fingerprint density at radius 2 is 2.05 bits per heavy atom. The van der Waals surface area contributed by atoms with E-state index < -0.39 is 0 Å². The van der Waals surface area contributed by atoms with Crippen molar-refractivity contribution in [3.8, 4) is 11.5 Å². The molecule has 0 aromatic heterocycles. The molecule has 1 amide bonds. The summed E-state index contributed by atoms with van der Waals surface area (Å²) in [6, 6.07) is 5.25. The third-order valence-electron chi connectivity index (χ3n) is 2.81. The van der Waals surface area contributed by atoms with Gasteiger partial charge in [0.05, 0.1) is 26.5 Å². The van der Waals surface area contributed by atoms with Crippen molar-refractivity contribution in [2.45, 2.75) is 13.3 Å². The summed E-state index contributed by atoms with van der Waals surface area (Å²) < 4.78 is 15.6. The molecular weight excluding hydrogens is 272 g/mol. The maximum Gasteiger partial charge on any atom is 0.238 e. The summed E-state index contributed by atoms with van der Waals surface area (Å²) in [5.74, 6) is 1.13. The van der Waals surface area contributed by atoms with Crippen molar-refractivity contribution in [3.63, 3.8) is 0 Å². The number of hydrogen-bond donors (Lipinski definition) is 2. The van der Waals surface area contributed by atoms with Gasteiger partial charge in [-0.15, -0.1) is 0 Å². The summed E-state index contributed by atoms with van der Waals surface area (Å²) in [6.07, 6.45) is 0.882. The Hall–Kier alpha value is -1.79. The average Bonchev–Trinajstić information content (AvgIpc) is 2.51. The van der Waals surface area contributed by atoms with Gasteiger partial charge in [0.1, 0.15) is 11.5 Å². The van der Waals surface area contributed by atoms with E-state index in [-0.39, 0.29) is 12.5 Å². The molecule has 0 fully saturated rings. The van der Waals surface area contributed by atoms with Crippen LogP contribution in [-0.2, 0) is 9.53 Å². The molecule has 1 rings (SSSR count). The molecule has 0 spiro atoms. The number of anilines is 1. The van der Waals surface area contributed by atoms with Gasteiger partial charge in [-0.25, -0.2) is 0 Å². The van der Waals surface area contributed by atoms with Crippen molar-refractivity contribution in [1.82, 2.24) is 5.32 Å². The van der Waals surface area contributed by atoms with E-state index in [4.69, 9.17) is 14.2 Å². The van der Waals surface area contributed by atoms with Crippen molar-refractivity contribution in [1.29, 1.82) is 0 Å². The number of hydrogen-bond acceptors (Lipinski definition) is 5. The number of carbonyl (C=O) groups excluding carboxylic acids is 1. The molecule has 21 heavy (non-hydrogen) atoms. The van der Waals surface area contributed by atoms with Crippen molar-refractivity contribution < 1.29 is 19.0 Å². The highest BCUT2D eigenvalue weighted by Crippen LogP contribution is 2.28. The fourth-order valence-corrected chi connectivity index (χ4v) is 1.74. The van der Waals surface area contributed by atoms with Crippen LogP contribution in [0.15, 0.2) is 18.2 Å². The molecule has 6 heteroatoms. The van der Waals surface area contributed by atoms with Crippen LogP contribution in [-0.4, -0.2) is 46.4 Å². The Morgan fingerprint density at radius 3 is 2.71 bits per heavy atom. The van der Waals surface area contributed by atoms with Gasteiger partial charge in [0.25, 0.3) is 0 Å². The van der Waals surface area contributed by atoms with Gasteiger partial charge in [-0.3, -0.25) is 4.79 Å². The van der Waals surface area contributed by atoms with Gasteiger partial charge in [-0.05, 0) is 32.0 Å². The van der Waals surface area contributed by atoms with E-state index in [1.54, 1.807) is 32.4 Å². The van der Waals surface area contributed by atoms with Crippen LogP contribution in [0.3, 0.4) is 0 Å². The molecule has 0 aliphatic heterocycles. The van der Waals surface area contributed by atoms with E-state index >= 15 is 0 Å². The Bertz CT molecular complexity index is 438. The molecule has 118 valence electrons. The molecule has 0 unspecified atom stereocenters. The zero-order valence-electron chi connectivity index (χ0n) is 12.9. The largest absolute Gasteiger partial charge is 0.497 e. The summed E-state index contributed by atoms with van der Waals surface area (Å²) in [5.41, 5.74) is 0.624. The van der Waals surface area contributed by atoms with Gasteiger partial charge in [0.15, 0.2) is 0 Å². The van der Waals surface area contributed by atoms with Crippen LogP contribution in [0.5, 0.6) is 11.5 Å². The number of benzene rings is 1. The van der Waals surface area contributed by atoms with Crippen LogP contribution in [0.25, 0.3) is 0 Å². The number of methoxy groups -OCH3 is 2. The molecule has 6 nitrogen and oxygen atoms in total. The second-order valence-electron chi connectivity index (χ2n) is 4.34. The maximum absolute atomic E-state index is 11.8. The molecule has 0 atom stereocenters. The first kappa shape index (κ1) is 17.3. The van der Waals surface area contributed by atoms with Gasteiger partial charge < -0.3 is 24.8 Å². The van der Waals surface area contributed by atoms with Crippen LogP contribution >= 0.6 is 0 Å². The van der Waals surface area contributed by atoms with Crippen LogP contribution in [0.4, 0.5) is 5.69 Å². The van der Waals surface area contributed by atoms with Crippen LogP contribution < -0.4 is 20.1 Å². The first-order chi connectivity index (χ1) is 10.2. The van der Waals surface area contributed by atoms with Crippen molar-refractivity contribution in [2.75, 3.05) is 45.8 Å². The lowest BCUT2D eigenvalue weighted by atomic mass is 10.2. The molecular formula is C15H24N2O4. The number of rotatable bonds is 10. The molecule has 0 aliphatic carbocycles. The standard InChI is InChI=1S/C15H24N2O4/c1-4-21-9-5-8-16-11-15(18)17-13-7-6-12(19-2)10-14(13)20-3/h6-7,10,16H,4-5,8-9,11H2,1-3H3,(H,17,18). The molecule has 1 aromatic carbocycles. The van der Waals surface area contributed by atoms with Gasteiger partial charge >= 0.3 is 0 Å². The van der Waals surface area contributed by atoms with E-state index in [0.29, 0.717) is 23.8 Å². The van der Waals surface area contributed by atoms with E-state index in [9.17, 15) is 4.79 Å². The first-order valence-corrected chi connectivity index (χ1v) is 7.01. The third-order valence-corrected chi connectivity index (χ3v) is 2.81. The predicted molar refractivity (Wildman–Crippen MR) is 82.2 cm³/mol. The van der Waals surface area contributed by atoms with E-state index in [0.717, 1.165) is 19.6 Å². The fraction of sp³-hybridized carbons (Fsp3) is 0.533. The minimum absolute atomic E-state index is 0.116. The maximum atomic E-state index is 11.8. The average molecular weight is 296 g/mol. The highest BCUT2D eigenvalue weighted by molar-refractivity contribution is 5.93. The van der Waals surface area contributed by atoms with Gasteiger partial charge in [0.2, 0.25) is 5.91 Å². The van der Waals surface area contributed by atoms with Gasteiger partial charge in [-0.1, -0.05) is 0 Å². The van der Waals surface area contributed by atoms with Crippen molar-refractivity contribution in [2.24, 2.45) is 0 Å². The van der Waals surface area contributed by atoms with E-state index in [1.165, 1.54) is 0 Å². The lowest BCUT2D eigenvalue weighted by molar-refractivity contribution is -0.115. The Labute approximate surface area is 125 Å². The second kappa shape index (κ2) is 10.0. The molecule has 0 saturated carbocycles. The Morgan fingerprint density at radius 1 is 1.24 bits per heavy atom. The lowest BCUT2D eigenvalue weighted by Crippen LogP contribution is -2.29. The summed E-state index contributed by atoms with van der Waals surface area (Å²) in [6.45, 7) is 4.38. The minimum Gasteiger partial charge on any atom is -0.497 e. The SMILES string of the molecule is CCOCCCNCC(=O)Nc1ccc(OC)cc1OC. The normalized spacial score (nSPS) is 10.2. The smallest absolute Gasteiger partial charge is 0.238 e. The molecule has 0 saturated heterocycles. The number of ether oxygens (including phenoxy) is 3. The number of nitrogens with one attached hydrogen (secondary N) is 2. The quantitative estimate of drug-likeness (QED) is 0.643. The fourth-order valence-electron chi connectivity index (χ4n) is 1.74. The van der Waals surface area contributed by atoms with Crippen LogP contribution in [0, 0.1) is 0 Å². The third kappa shape index (κ3) is 6.46.